The van der Waals surface area contributed by atoms with Gasteiger partial charge < -0.3 is 10.4 Å². The van der Waals surface area contributed by atoms with Gasteiger partial charge in [0.15, 0.2) is 5.69 Å². The summed E-state index contributed by atoms with van der Waals surface area (Å²) in [7, 11) is 0. The molecule has 0 aromatic carbocycles. The van der Waals surface area contributed by atoms with Crippen LogP contribution in [0.25, 0.3) is 0 Å². The van der Waals surface area contributed by atoms with Gasteiger partial charge in [0.25, 0.3) is 0 Å². The van der Waals surface area contributed by atoms with E-state index in [1.807, 2.05) is 17.8 Å². The quantitative estimate of drug-likeness (QED) is 0.810. The molecule has 0 aliphatic carbocycles. The average molecular weight is 289 g/mol. The summed E-state index contributed by atoms with van der Waals surface area (Å²) in [6.45, 7) is 5.63. The summed E-state index contributed by atoms with van der Waals surface area (Å²) in [5.74, 6) is -0.539. The van der Waals surface area contributed by atoms with Gasteiger partial charge in [-0.25, -0.2) is 14.8 Å². The van der Waals surface area contributed by atoms with Crippen molar-refractivity contribution in [3.8, 4) is 0 Å². The van der Waals surface area contributed by atoms with E-state index < -0.39 is 5.97 Å². The molecule has 0 saturated carbocycles. The number of aryl methyl sites for hydroxylation is 2. The van der Waals surface area contributed by atoms with Crippen LogP contribution in [0.2, 0.25) is 0 Å². The van der Waals surface area contributed by atoms with Crippen LogP contribution < -0.4 is 5.32 Å². The van der Waals surface area contributed by atoms with E-state index >= 15 is 0 Å². The molecular formula is C14H19N5O2. The second-order valence-electron chi connectivity index (χ2n) is 4.80. The molecule has 2 rings (SSSR count). The van der Waals surface area contributed by atoms with Gasteiger partial charge >= 0.3 is 5.97 Å². The Kier molecular flexibility index (Phi) is 4.86. The van der Waals surface area contributed by atoms with Gasteiger partial charge in [0.2, 0.25) is 0 Å². The summed E-state index contributed by atoms with van der Waals surface area (Å²) in [5.41, 5.74) is 2.01. The van der Waals surface area contributed by atoms with Gasteiger partial charge in [0, 0.05) is 24.8 Å². The smallest absolute Gasteiger partial charge is 0.356 e. The lowest BCUT2D eigenvalue weighted by Gasteiger charge is -2.04. The number of carboxylic acids is 1. The first-order chi connectivity index (χ1) is 10.1. The molecular weight excluding hydrogens is 270 g/mol. The summed E-state index contributed by atoms with van der Waals surface area (Å²) in [5, 5.41) is 16.3. The van der Waals surface area contributed by atoms with Gasteiger partial charge in [-0.2, -0.15) is 5.10 Å². The Hall–Kier alpha value is -2.44. The Morgan fingerprint density at radius 2 is 2.19 bits per heavy atom. The molecule has 2 aromatic rings. The lowest BCUT2D eigenvalue weighted by molar-refractivity contribution is 0.0690. The first-order valence-electron chi connectivity index (χ1n) is 6.92. The van der Waals surface area contributed by atoms with Gasteiger partial charge in [-0.1, -0.05) is 13.3 Å². The number of nitrogens with zero attached hydrogens (tertiary/aromatic N) is 4. The molecule has 0 radical (unpaired) electrons. The van der Waals surface area contributed by atoms with Crippen molar-refractivity contribution in [2.45, 2.75) is 39.8 Å². The van der Waals surface area contributed by atoms with E-state index in [-0.39, 0.29) is 5.69 Å². The minimum Gasteiger partial charge on any atom is -0.476 e. The number of hydrogen-bond donors (Lipinski definition) is 2. The number of hydrogen-bond acceptors (Lipinski definition) is 5. The summed E-state index contributed by atoms with van der Waals surface area (Å²) >= 11 is 0. The van der Waals surface area contributed by atoms with Crippen LogP contribution in [-0.4, -0.2) is 30.8 Å². The predicted molar refractivity (Wildman–Crippen MR) is 78.2 cm³/mol. The molecule has 0 amide bonds. The lowest BCUT2D eigenvalue weighted by Crippen LogP contribution is -2.05. The Morgan fingerprint density at radius 1 is 1.38 bits per heavy atom. The normalized spacial score (nSPS) is 10.6. The molecule has 21 heavy (non-hydrogen) atoms. The van der Waals surface area contributed by atoms with Crippen LogP contribution in [0.1, 0.15) is 41.5 Å². The Morgan fingerprint density at radius 3 is 2.81 bits per heavy atom. The third-order valence-electron chi connectivity index (χ3n) is 3.12. The monoisotopic (exact) mass is 289 g/mol. The lowest BCUT2D eigenvalue weighted by atomic mass is 10.2. The van der Waals surface area contributed by atoms with E-state index in [0.29, 0.717) is 12.4 Å². The van der Waals surface area contributed by atoms with E-state index in [2.05, 4.69) is 27.3 Å². The SMILES string of the molecule is CCCCn1cc(CNc2cnc(C(=O)O)cn2)c(C)n1. The molecule has 0 aliphatic rings. The van der Waals surface area contributed by atoms with E-state index in [4.69, 9.17) is 5.11 Å². The summed E-state index contributed by atoms with van der Waals surface area (Å²) in [6.07, 6.45) is 6.92. The highest BCUT2D eigenvalue weighted by Crippen LogP contribution is 2.10. The van der Waals surface area contributed by atoms with Gasteiger partial charge in [-0.05, 0) is 13.3 Å². The van der Waals surface area contributed by atoms with Crippen molar-refractivity contribution in [1.82, 2.24) is 19.7 Å². The van der Waals surface area contributed by atoms with Crippen molar-refractivity contribution in [2.24, 2.45) is 0 Å². The van der Waals surface area contributed by atoms with Crippen LogP contribution >= 0.6 is 0 Å². The fraction of sp³-hybridized carbons (Fsp3) is 0.429. The van der Waals surface area contributed by atoms with Gasteiger partial charge in [-0.15, -0.1) is 0 Å². The number of anilines is 1. The van der Waals surface area contributed by atoms with Gasteiger partial charge in [-0.3, -0.25) is 4.68 Å². The minimum absolute atomic E-state index is 0.0656. The first kappa shape index (κ1) is 15.0. The molecule has 0 fully saturated rings. The Bertz CT molecular complexity index is 606. The molecule has 0 unspecified atom stereocenters. The minimum atomic E-state index is -1.08. The average Bonchev–Trinajstić information content (AvgIpc) is 2.83. The molecule has 7 heteroatoms. The van der Waals surface area contributed by atoms with Crippen LogP contribution in [0.15, 0.2) is 18.6 Å². The third-order valence-corrected chi connectivity index (χ3v) is 3.12. The maximum Gasteiger partial charge on any atom is 0.356 e. The van der Waals surface area contributed by atoms with Gasteiger partial charge in [0.1, 0.15) is 5.82 Å². The molecule has 0 aliphatic heterocycles. The molecule has 7 nitrogen and oxygen atoms in total. The van der Waals surface area contributed by atoms with Crippen molar-refractivity contribution in [3.63, 3.8) is 0 Å². The van der Waals surface area contributed by atoms with E-state index in [1.165, 1.54) is 12.4 Å². The number of unbranched alkanes of at least 4 members (excludes halogenated alkanes) is 1. The summed E-state index contributed by atoms with van der Waals surface area (Å²) < 4.78 is 1.95. The summed E-state index contributed by atoms with van der Waals surface area (Å²) in [6, 6.07) is 0. The zero-order chi connectivity index (χ0) is 15.2. The highest BCUT2D eigenvalue weighted by atomic mass is 16.4. The topological polar surface area (TPSA) is 92.9 Å². The third kappa shape index (κ3) is 4.01. The highest BCUT2D eigenvalue weighted by molar-refractivity contribution is 5.84. The maximum absolute atomic E-state index is 10.7. The second-order valence-corrected chi connectivity index (χ2v) is 4.80. The van der Waals surface area contributed by atoms with Crippen molar-refractivity contribution in [3.05, 3.63) is 35.5 Å². The Balaban J connectivity index is 1.96. The predicted octanol–water partition coefficient (Wildman–Crippen LogP) is 2.09. The molecule has 2 aromatic heterocycles. The van der Waals surface area contributed by atoms with Crippen molar-refractivity contribution in [1.29, 1.82) is 0 Å². The number of rotatable bonds is 7. The summed E-state index contributed by atoms with van der Waals surface area (Å²) in [4.78, 5) is 18.5. The van der Waals surface area contributed by atoms with Crippen molar-refractivity contribution < 1.29 is 9.90 Å². The number of carbonyl (C=O) groups is 1. The van der Waals surface area contributed by atoms with Crippen molar-refractivity contribution >= 4 is 11.8 Å². The zero-order valence-corrected chi connectivity index (χ0v) is 12.2. The zero-order valence-electron chi connectivity index (χ0n) is 12.2. The molecule has 2 N–H and O–H groups in total. The number of aromatic nitrogens is 4. The van der Waals surface area contributed by atoms with Crippen LogP contribution in [0.3, 0.4) is 0 Å². The molecule has 112 valence electrons. The molecule has 0 saturated heterocycles. The van der Waals surface area contributed by atoms with E-state index in [1.54, 1.807) is 0 Å². The molecule has 0 bridgehead atoms. The van der Waals surface area contributed by atoms with Crippen LogP contribution in [-0.2, 0) is 13.1 Å². The standard InChI is InChI=1S/C14H19N5O2/c1-3-4-5-19-9-11(10(2)18-19)6-16-13-8-15-12(7-17-13)14(20)21/h7-9H,3-6H2,1-2H3,(H,16,17)(H,20,21). The van der Waals surface area contributed by atoms with Crippen LogP contribution in [0.5, 0.6) is 0 Å². The van der Waals surface area contributed by atoms with Gasteiger partial charge in [0.05, 0.1) is 18.1 Å². The van der Waals surface area contributed by atoms with E-state index in [0.717, 1.165) is 30.6 Å². The molecule has 2 heterocycles. The molecule has 0 atom stereocenters. The van der Waals surface area contributed by atoms with Crippen LogP contribution in [0.4, 0.5) is 5.82 Å². The molecule has 0 spiro atoms. The van der Waals surface area contributed by atoms with Crippen LogP contribution in [0, 0.1) is 6.92 Å². The maximum atomic E-state index is 10.7. The fourth-order valence-electron chi connectivity index (χ4n) is 1.88. The largest absolute Gasteiger partial charge is 0.476 e. The van der Waals surface area contributed by atoms with Crippen molar-refractivity contribution in [2.75, 3.05) is 5.32 Å². The number of nitrogens with one attached hydrogen (secondary N) is 1. The fourth-order valence-corrected chi connectivity index (χ4v) is 1.88. The number of carboxylic acid groups (broad SMARTS) is 1. The van der Waals surface area contributed by atoms with E-state index in [9.17, 15) is 4.79 Å². The second kappa shape index (κ2) is 6.83. The first-order valence-corrected chi connectivity index (χ1v) is 6.92. The Labute approximate surface area is 123 Å². The number of aromatic carboxylic acids is 1. The highest BCUT2D eigenvalue weighted by Gasteiger charge is 2.07.